The number of ether oxygens (including phenoxy) is 1. The highest BCUT2D eigenvalue weighted by Crippen LogP contribution is 2.15. The number of benzene rings is 1. The van der Waals surface area contributed by atoms with Crippen molar-refractivity contribution in [3.63, 3.8) is 0 Å². The first-order chi connectivity index (χ1) is 10.9. The van der Waals surface area contributed by atoms with Gasteiger partial charge in [0.25, 0.3) is 10.1 Å². The molecule has 0 fully saturated rings. The van der Waals surface area contributed by atoms with Crippen LogP contribution in [0.3, 0.4) is 0 Å². The SMILES string of the molecule is CCCCCCCCCc1ccc(OC(=O)CS(=O)(=O)O)cc1. The number of hydrogen-bond acceptors (Lipinski definition) is 4. The molecule has 6 heteroatoms. The van der Waals surface area contributed by atoms with Gasteiger partial charge in [-0.2, -0.15) is 8.42 Å². The maximum atomic E-state index is 11.3. The lowest BCUT2D eigenvalue weighted by Gasteiger charge is -2.05. The molecule has 1 aromatic rings. The van der Waals surface area contributed by atoms with E-state index >= 15 is 0 Å². The van der Waals surface area contributed by atoms with Crippen LogP contribution in [0.2, 0.25) is 0 Å². The number of carbonyl (C=O) groups is 1. The van der Waals surface area contributed by atoms with Crippen molar-refractivity contribution >= 4 is 16.1 Å². The van der Waals surface area contributed by atoms with Gasteiger partial charge in [0.15, 0.2) is 5.75 Å². The second-order valence-corrected chi connectivity index (χ2v) is 7.17. The number of esters is 1. The highest BCUT2D eigenvalue weighted by atomic mass is 32.2. The Balaban J connectivity index is 2.27. The molecule has 0 aliphatic carbocycles. The highest BCUT2D eigenvalue weighted by Gasteiger charge is 2.14. The van der Waals surface area contributed by atoms with E-state index in [4.69, 9.17) is 9.29 Å². The fourth-order valence-electron chi connectivity index (χ4n) is 2.32. The summed E-state index contributed by atoms with van der Waals surface area (Å²) in [6, 6.07) is 7.01. The van der Waals surface area contributed by atoms with Gasteiger partial charge in [-0.1, -0.05) is 57.6 Å². The fourth-order valence-corrected chi connectivity index (χ4v) is 2.68. The van der Waals surface area contributed by atoms with E-state index in [2.05, 4.69) is 6.92 Å². The van der Waals surface area contributed by atoms with Gasteiger partial charge in [-0.25, -0.2) is 0 Å². The van der Waals surface area contributed by atoms with Crippen LogP contribution in [0.1, 0.15) is 57.4 Å². The largest absolute Gasteiger partial charge is 0.426 e. The minimum atomic E-state index is -4.35. The van der Waals surface area contributed by atoms with Crippen molar-refractivity contribution in [2.45, 2.75) is 58.3 Å². The number of rotatable bonds is 11. The second kappa shape index (κ2) is 10.4. The molecule has 0 spiro atoms. The molecule has 0 bridgehead atoms. The number of carbonyl (C=O) groups excluding carboxylic acids is 1. The molecule has 0 radical (unpaired) electrons. The minimum absolute atomic E-state index is 0.280. The minimum Gasteiger partial charge on any atom is -0.426 e. The molecule has 0 heterocycles. The van der Waals surface area contributed by atoms with E-state index in [1.165, 1.54) is 38.5 Å². The number of aryl methyl sites for hydroxylation is 1. The van der Waals surface area contributed by atoms with Crippen molar-refractivity contribution < 1.29 is 22.5 Å². The van der Waals surface area contributed by atoms with E-state index in [9.17, 15) is 13.2 Å². The predicted molar refractivity (Wildman–Crippen MR) is 90.2 cm³/mol. The first kappa shape index (κ1) is 19.6. The predicted octanol–water partition coefficient (Wildman–Crippen LogP) is 3.77. The molecule has 0 saturated carbocycles. The highest BCUT2D eigenvalue weighted by molar-refractivity contribution is 7.86. The molecule has 5 nitrogen and oxygen atoms in total. The van der Waals surface area contributed by atoms with Gasteiger partial charge in [0.1, 0.15) is 5.75 Å². The zero-order valence-corrected chi connectivity index (χ0v) is 14.5. The third kappa shape index (κ3) is 10.1. The molecule has 0 saturated heterocycles. The summed E-state index contributed by atoms with van der Waals surface area (Å²) in [4.78, 5) is 11.3. The summed E-state index contributed by atoms with van der Waals surface area (Å²) in [6.45, 7) is 2.21. The average Bonchev–Trinajstić information content (AvgIpc) is 2.46. The summed E-state index contributed by atoms with van der Waals surface area (Å²) < 4.78 is 34.6. The molecule has 0 aliphatic rings. The molecular weight excluding hydrogens is 316 g/mol. The number of unbranched alkanes of at least 4 members (excludes halogenated alkanes) is 6. The smallest absolute Gasteiger partial charge is 0.329 e. The van der Waals surface area contributed by atoms with Gasteiger partial charge in [-0.3, -0.25) is 9.35 Å². The van der Waals surface area contributed by atoms with Gasteiger partial charge in [-0.05, 0) is 30.5 Å². The van der Waals surface area contributed by atoms with Crippen LogP contribution in [-0.2, 0) is 21.3 Å². The van der Waals surface area contributed by atoms with Crippen LogP contribution in [-0.4, -0.2) is 24.7 Å². The van der Waals surface area contributed by atoms with Crippen molar-refractivity contribution in [3.8, 4) is 5.75 Å². The van der Waals surface area contributed by atoms with Crippen molar-refractivity contribution in [2.75, 3.05) is 5.75 Å². The molecule has 0 amide bonds. The first-order valence-corrected chi connectivity index (χ1v) is 9.76. The Bertz CT molecular complexity index is 563. The Labute approximate surface area is 138 Å². The summed E-state index contributed by atoms with van der Waals surface area (Å²) in [5.74, 6) is -1.75. The zero-order chi connectivity index (χ0) is 17.1. The van der Waals surface area contributed by atoms with E-state index in [-0.39, 0.29) is 5.75 Å². The van der Waals surface area contributed by atoms with Gasteiger partial charge in [-0.15, -0.1) is 0 Å². The fraction of sp³-hybridized carbons (Fsp3) is 0.588. The third-order valence-corrected chi connectivity index (χ3v) is 4.12. The summed E-state index contributed by atoms with van der Waals surface area (Å²) >= 11 is 0. The Morgan fingerprint density at radius 2 is 1.57 bits per heavy atom. The lowest BCUT2D eigenvalue weighted by Crippen LogP contribution is -2.20. The Morgan fingerprint density at radius 1 is 1.00 bits per heavy atom. The summed E-state index contributed by atoms with van der Waals surface area (Å²) in [5, 5.41) is 0. The Hall–Kier alpha value is -1.40. The molecule has 23 heavy (non-hydrogen) atoms. The van der Waals surface area contributed by atoms with E-state index in [0.717, 1.165) is 18.4 Å². The molecule has 130 valence electrons. The van der Waals surface area contributed by atoms with E-state index in [1.54, 1.807) is 12.1 Å². The molecule has 0 aliphatic heterocycles. The number of hydrogen-bond donors (Lipinski definition) is 1. The van der Waals surface area contributed by atoms with Crippen LogP contribution in [0.4, 0.5) is 0 Å². The van der Waals surface area contributed by atoms with Crippen LogP contribution in [0.5, 0.6) is 5.75 Å². The first-order valence-electron chi connectivity index (χ1n) is 8.15. The molecule has 0 atom stereocenters. The van der Waals surface area contributed by atoms with Crippen molar-refractivity contribution in [1.29, 1.82) is 0 Å². The molecule has 1 N–H and O–H groups in total. The summed E-state index contributed by atoms with van der Waals surface area (Å²) in [5.41, 5.74) is 1.16. The van der Waals surface area contributed by atoms with E-state index < -0.39 is 21.8 Å². The second-order valence-electron chi connectivity index (χ2n) is 5.72. The van der Waals surface area contributed by atoms with Gasteiger partial charge in [0, 0.05) is 0 Å². The lowest BCUT2D eigenvalue weighted by molar-refractivity contribution is -0.131. The average molecular weight is 342 g/mol. The Morgan fingerprint density at radius 3 is 2.13 bits per heavy atom. The van der Waals surface area contributed by atoms with Crippen molar-refractivity contribution in [2.24, 2.45) is 0 Å². The third-order valence-electron chi connectivity index (χ3n) is 3.52. The Kier molecular flexibility index (Phi) is 8.87. The van der Waals surface area contributed by atoms with Gasteiger partial charge in [0.2, 0.25) is 0 Å². The van der Waals surface area contributed by atoms with Crippen molar-refractivity contribution in [1.82, 2.24) is 0 Å². The summed E-state index contributed by atoms with van der Waals surface area (Å²) in [6.07, 6.45) is 9.80. The molecule has 1 rings (SSSR count). The van der Waals surface area contributed by atoms with Crippen LogP contribution in [0.15, 0.2) is 24.3 Å². The van der Waals surface area contributed by atoms with Crippen LogP contribution in [0, 0.1) is 0 Å². The zero-order valence-electron chi connectivity index (χ0n) is 13.7. The van der Waals surface area contributed by atoms with E-state index in [0.29, 0.717) is 0 Å². The van der Waals surface area contributed by atoms with Gasteiger partial charge in [0.05, 0.1) is 0 Å². The normalized spacial score (nSPS) is 11.4. The van der Waals surface area contributed by atoms with Crippen LogP contribution < -0.4 is 4.74 Å². The molecule has 0 aromatic heterocycles. The van der Waals surface area contributed by atoms with Crippen LogP contribution >= 0.6 is 0 Å². The van der Waals surface area contributed by atoms with Gasteiger partial charge < -0.3 is 4.74 Å². The van der Waals surface area contributed by atoms with Gasteiger partial charge >= 0.3 is 5.97 Å². The molecule has 0 unspecified atom stereocenters. The lowest BCUT2D eigenvalue weighted by atomic mass is 10.0. The standard InChI is InChI=1S/C17H26O5S/c1-2-3-4-5-6-7-8-9-15-10-12-16(13-11-15)22-17(18)14-23(19,20)21/h10-13H,2-9,14H2,1H3,(H,19,20,21). The monoisotopic (exact) mass is 342 g/mol. The molecule has 1 aromatic carbocycles. The maximum absolute atomic E-state index is 11.3. The molecular formula is C17H26O5S. The summed E-state index contributed by atoms with van der Waals surface area (Å²) in [7, 11) is -4.35. The van der Waals surface area contributed by atoms with E-state index in [1.807, 2.05) is 12.1 Å². The topological polar surface area (TPSA) is 80.7 Å². The maximum Gasteiger partial charge on any atom is 0.329 e. The van der Waals surface area contributed by atoms with Crippen molar-refractivity contribution in [3.05, 3.63) is 29.8 Å². The quantitative estimate of drug-likeness (QED) is 0.286. The van der Waals surface area contributed by atoms with Crippen LogP contribution in [0.25, 0.3) is 0 Å².